The zero-order valence-corrected chi connectivity index (χ0v) is 11.9. The van der Waals surface area contributed by atoms with Crippen LogP contribution in [0.3, 0.4) is 0 Å². The maximum atomic E-state index is 11.6. The number of hydrogen-bond acceptors (Lipinski definition) is 3. The first-order valence-electron chi connectivity index (χ1n) is 4.62. The number of thioether (sulfide) groups is 2. The summed E-state index contributed by atoms with van der Waals surface area (Å²) in [6.45, 7) is 0. The van der Waals surface area contributed by atoms with E-state index in [-0.39, 0.29) is 5.91 Å². The second kappa shape index (κ2) is 5.48. The fourth-order valence-electron chi connectivity index (χ4n) is 1.24. The van der Waals surface area contributed by atoms with Crippen LogP contribution in [0.1, 0.15) is 5.56 Å². The summed E-state index contributed by atoms with van der Waals surface area (Å²) >= 11 is 14.7. The number of benzene rings is 1. The molecule has 0 atom stereocenters. The van der Waals surface area contributed by atoms with Crippen molar-refractivity contribution in [3.05, 3.63) is 38.7 Å². The van der Waals surface area contributed by atoms with E-state index in [1.807, 2.05) is 6.26 Å². The number of carbonyl (C=O) groups excluding carboxylic acids is 1. The van der Waals surface area contributed by atoms with Crippen molar-refractivity contribution >= 4 is 63.1 Å². The summed E-state index contributed by atoms with van der Waals surface area (Å²) in [4.78, 5) is 16.0. The van der Waals surface area contributed by atoms with E-state index in [0.29, 0.717) is 15.0 Å². The fourth-order valence-corrected chi connectivity index (χ4v) is 3.11. The fraction of sp³-hybridized carbons (Fsp3) is 0.0909. The molecule has 1 aliphatic rings. The van der Waals surface area contributed by atoms with E-state index in [1.165, 1.54) is 23.5 Å². The smallest absolute Gasteiger partial charge is 0.266 e. The summed E-state index contributed by atoms with van der Waals surface area (Å²) in [6.07, 6.45) is 3.62. The molecule has 0 bridgehead atoms. The van der Waals surface area contributed by atoms with Gasteiger partial charge in [-0.1, -0.05) is 41.0 Å². The second-order valence-electron chi connectivity index (χ2n) is 3.16. The molecule has 0 aliphatic carbocycles. The number of amides is 1. The lowest BCUT2D eigenvalue weighted by Crippen LogP contribution is -1.88. The minimum Gasteiger partial charge on any atom is -0.266 e. The zero-order chi connectivity index (χ0) is 12.4. The molecule has 0 unspecified atom stereocenters. The minimum absolute atomic E-state index is 0.217. The van der Waals surface area contributed by atoms with Gasteiger partial charge in [0.05, 0.1) is 4.91 Å². The number of aliphatic imine (C=N–C) groups is 1. The second-order valence-corrected chi connectivity index (χ2v) is 6.09. The van der Waals surface area contributed by atoms with Crippen molar-refractivity contribution in [2.45, 2.75) is 0 Å². The molecule has 0 radical (unpaired) electrons. The molecule has 2 nitrogen and oxygen atoms in total. The largest absolute Gasteiger partial charge is 0.285 e. The Morgan fingerprint density at radius 3 is 2.76 bits per heavy atom. The third-order valence-electron chi connectivity index (χ3n) is 2.02. The zero-order valence-electron chi connectivity index (χ0n) is 8.74. The maximum absolute atomic E-state index is 11.6. The predicted molar refractivity (Wildman–Crippen MR) is 78.0 cm³/mol. The number of rotatable bonds is 1. The minimum atomic E-state index is -0.217. The van der Waals surface area contributed by atoms with E-state index in [1.54, 1.807) is 24.3 Å². The van der Waals surface area contributed by atoms with Crippen molar-refractivity contribution in [2.24, 2.45) is 4.99 Å². The van der Waals surface area contributed by atoms with Crippen molar-refractivity contribution < 1.29 is 4.79 Å². The lowest BCUT2D eigenvalue weighted by Gasteiger charge is -2.00. The van der Waals surface area contributed by atoms with Crippen molar-refractivity contribution in [3.8, 4) is 0 Å². The molecular formula is C11H7Cl2NOS2. The standard InChI is InChI=1S/C11H7Cl2NOS2/c1-16-11-14-10(15)9(17-11)4-6-2-3-7(12)5-8(6)13/h2-5H,1H3/b9-4-. The van der Waals surface area contributed by atoms with Crippen LogP contribution in [-0.2, 0) is 4.79 Å². The monoisotopic (exact) mass is 303 g/mol. The van der Waals surface area contributed by atoms with E-state index in [2.05, 4.69) is 4.99 Å². The molecule has 0 spiro atoms. The van der Waals surface area contributed by atoms with Gasteiger partial charge in [-0.3, -0.25) is 4.79 Å². The molecule has 0 saturated heterocycles. The van der Waals surface area contributed by atoms with Crippen molar-refractivity contribution in [1.82, 2.24) is 0 Å². The molecule has 0 fully saturated rings. The van der Waals surface area contributed by atoms with Crippen LogP contribution < -0.4 is 0 Å². The molecule has 0 saturated carbocycles. The van der Waals surface area contributed by atoms with Gasteiger partial charge in [0.1, 0.15) is 4.38 Å². The molecule has 1 aromatic carbocycles. The van der Waals surface area contributed by atoms with Crippen LogP contribution in [0.5, 0.6) is 0 Å². The van der Waals surface area contributed by atoms with Gasteiger partial charge >= 0.3 is 0 Å². The third-order valence-corrected chi connectivity index (χ3v) is 4.56. The molecule has 0 aromatic heterocycles. The van der Waals surface area contributed by atoms with Gasteiger partial charge in [-0.2, -0.15) is 4.99 Å². The molecule has 88 valence electrons. The van der Waals surface area contributed by atoms with Gasteiger partial charge in [-0.05, 0) is 30.0 Å². The van der Waals surface area contributed by atoms with Crippen LogP contribution in [0.25, 0.3) is 6.08 Å². The Bertz CT molecular complexity index is 540. The summed E-state index contributed by atoms with van der Waals surface area (Å²) in [5, 5.41) is 1.10. The number of halogens is 2. The van der Waals surface area contributed by atoms with Crippen molar-refractivity contribution in [1.29, 1.82) is 0 Å². The Morgan fingerprint density at radius 1 is 1.41 bits per heavy atom. The summed E-state index contributed by atoms with van der Waals surface area (Å²) in [6, 6.07) is 5.17. The normalized spacial score (nSPS) is 17.7. The molecule has 1 aliphatic heterocycles. The Hall–Kier alpha value is -0.420. The van der Waals surface area contributed by atoms with E-state index < -0.39 is 0 Å². The van der Waals surface area contributed by atoms with Gasteiger partial charge in [-0.15, -0.1) is 11.8 Å². The molecule has 1 heterocycles. The summed E-state index contributed by atoms with van der Waals surface area (Å²) < 4.78 is 0.756. The van der Waals surface area contributed by atoms with Crippen LogP contribution in [-0.4, -0.2) is 16.5 Å². The lowest BCUT2D eigenvalue weighted by atomic mass is 10.2. The van der Waals surface area contributed by atoms with Crippen LogP contribution in [0, 0.1) is 0 Å². The summed E-state index contributed by atoms with van der Waals surface area (Å²) in [5.41, 5.74) is 0.768. The van der Waals surface area contributed by atoms with E-state index in [0.717, 1.165) is 9.94 Å². The number of hydrogen-bond donors (Lipinski definition) is 0. The molecule has 0 N–H and O–H groups in total. The third kappa shape index (κ3) is 3.07. The molecule has 6 heteroatoms. The van der Waals surface area contributed by atoms with Crippen molar-refractivity contribution in [2.75, 3.05) is 6.26 Å². The number of carbonyl (C=O) groups is 1. The van der Waals surface area contributed by atoms with Crippen LogP contribution in [0.2, 0.25) is 10.0 Å². The maximum Gasteiger partial charge on any atom is 0.285 e. The highest BCUT2D eigenvalue weighted by Gasteiger charge is 2.21. The number of nitrogens with zero attached hydrogens (tertiary/aromatic N) is 1. The Labute approximate surface area is 117 Å². The topological polar surface area (TPSA) is 29.4 Å². The van der Waals surface area contributed by atoms with Crippen LogP contribution >= 0.6 is 46.7 Å². The van der Waals surface area contributed by atoms with Gasteiger partial charge in [-0.25, -0.2) is 0 Å². The Morgan fingerprint density at radius 2 is 2.18 bits per heavy atom. The van der Waals surface area contributed by atoms with E-state index in [4.69, 9.17) is 23.2 Å². The Balaban J connectivity index is 2.29. The average Bonchev–Trinajstić information content (AvgIpc) is 2.64. The first kappa shape index (κ1) is 13.0. The predicted octanol–water partition coefficient (Wildman–Crippen LogP) is 4.33. The quantitative estimate of drug-likeness (QED) is 0.723. The van der Waals surface area contributed by atoms with Crippen molar-refractivity contribution in [3.63, 3.8) is 0 Å². The van der Waals surface area contributed by atoms with Gasteiger partial charge in [0.25, 0.3) is 5.91 Å². The summed E-state index contributed by atoms with van der Waals surface area (Å²) in [7, 11) is 0. The first-order valence-corrected chi connectivity index (χ1v) is 7.41. The molecule has 1 amide bonds. The van der Waals surface area contributed by atoms with Crippen LogP contribution in [0.15, 0.2) is 28.1 Å². The van der Waals surface area contributed by atoms with Gasteiger partial charge < -0.3 is 0 Å². The molecule has 17 heavy (non-hydrogen) atoms. The van der Waals surface area contributed by atoms with Gasteiger partial charge in [0, 0.05) is 10.0 Å². The highest BCUT2D eigenvalue weighted by atomic mass is 35.5. The molecular weight excluding hydrogens is 297 g/mol. The van der Waals surface area contributed by atoms with Gasteiger partial charge in [0.15, 0.2) is 0 Å². The van der Waals surface area contributed by atoms with E-state index >= 15 is 0 Å². The van der Waals surface area contributed by atoms with Crippen LogP contribution in [0.4, 0.5) is 0 Å². The lowest BCUT2D eigenvalue weighted by molar-refractivity contribution is -0.113. The highest BCUT2D eigenvalue weighted by Crippen LogP contribution is 2.34. The Kier molecular flexibility index (Phi) is 4.20. The van der Waals surface area contributed by atoms with E-state index in [9.17, 15) is 4.79 Å². The SMILES string of the molecule is CSC1=NC(=O)/C(=C/c2ccc(Cl)cc2Cl)S1. The van der Waals surface area contributed by atoms with Gasteiger partial charge in [0.2, 0.25) is 0 Å². The average molecular weight is 304 g/mol. The first-order chi connectivity index (χ1) is 8.10. The molecule has 1 aromatic rings. The molecule has 2 rings (SSSR count). The summed E-state index contributed by atoms with van der Waals surface area (Å²) in [5.74, 6) is -0.217. The highest BCUT2D eigenvalue weighted by molar-refractivity contribution is 8.40.